The van der Waals surface area contributed by atoms with Gasteiger partial charge in [0.2, 0.25) is 0 Å². The number of hydrogen-bond acceptors (Lipinski definition) is 6. The van der Waals surface area contributed by atoms with Crippen LogP contribution in [0.15, 0.2) is 91.0 Å². The van der Waals surface area contributed by atoms with E-state index < -0.39 is 12.1 Å². The van der Waals surface area contributed by atoms with Crippen molar-refractivity contribution in [1.29, 1.82) is 0 Å². The van der Waals surface area contributed by atoms with Gasteiger partial charge in [0, 0.05) is 43.2 Å². The van der Waals surface area contributed by atoms with Crippen molar-refractivity contribution in [2.45, 2.75) is 64.8 Å². The maximum absolute atomic E-state index is 14.5. The van der Waals surface area contributed by atoms with Crippen molar-refractivity contribution < 1.29 is 24.2 Å². The number of likely N-dealkylation sites (N-methyl/N-ethyl adjacent to an activating group) is 1. The van der Waals surface area contributed by atoms with Gasteiger partial charge in [-0.3, -0.25) is 9.69 Å². The number of nitrogens with zero attached hydrogens (tertiary/aromatic N) is 2. The summed E-state index contributed by atoms with van der Waals surface area (Å²) < 4.78 is 12.9. The molecule has 0 fully saturated rings. The molecule has 1 heterocycles. The van der Waals surface area contributed by atoms with Crippen LogP contribution in [-0.2, 0) is 11.3 Å². The van der Waals surface area contributed by atoms with Gasteiger partial charge in [0.25, 0.3) is 5.91 Å². The van der Waals surface area contributed by atoms with E-state index in [1.807, 2.05) is 74.5 Å². The van der Waals surface area contributed by atoms with Crippen LogP contribution in [0.1, 0.15) is 56.0 Å². The molecule has 0 saturated carbocycles. The maximum atomic E-state index is 14.5. The van der Waals surface area contributed by atoms with E-state index in [4.69, 9.17) is 9.47 Å². The molecule has 0 aliphatic carbocycles. The Morgan fingerprint density at radius 1 is 0.980 bits per heavy atom. The lowest BCUT2D eigenvalue weighted by atomic mass is 10.0. The molecular weight excluding hydrogens is 616 g/mol. The average molecular weight is 667 g/mol. The number of urea groups is 1. The van der Waals surface area contributed by atoms with E-state index in [0.29, 0.717) is 42.4 Å². The molecule has 260 valence electrons. The Morgan fingerprint density at radius 3 is 2.53 bits per heavy atom. The summed E-state index contributed by atoms with van der Waals surface area (Å²) in [5.74, 6) is 0.144. The Morgan fingerprint density at radius 2 is 1.73 bits per heavy atom. The monoisotopic (exact) mass is 666 g/mol. The largest absolute Gasteiger partial charge is 0.490 e. The van der Waals surface area contributed by atoms with E-state index in [1.54, 1.807) is 23.1 Å². The van der Waals surface area contributed by atoms with Crippen molar-refractivity contribution in [2.75, 3.05) is 44.0 Å². The highest BCUT2D eigenvalue weighted by Gasteiger charge is 2.30. The zero-order valence-corrected chi connectivity index (χ0v) is 29.1. The minimum atomic E-state index is -0.456. The number of hydrogen-bond donors (Lipinski definition) is 3. The van der Waals surface area contributed by atoms with E-state index in [2.05, 4.69) is 41.6 Å². The van der Waals surface area contributed by atoms with Crippen LogP contribution >= 0.6 is 0 Å². The van der Waals surface area contributed by atoms with Crippen molar-refractivity contribution in [3.63, 3.8) is 0 Å². The number of carbonyl (C=O) groups is 2. The molecular formula is C40H50N4O5. The van der Waals surface area contributed by atoms with Crippen molar-refractivity contribution >= 4 is 34.1 Å². The molecule has 3 amide bonds. The lowest BCUT2D eigenvalue weighted by molar-refractivity contribution is -0.0177. The second-order valence-electron chi connectivity index (χ2n) is 13.3. The minimum Gasteiger partial charge on any atom is -0.490 e. The summed E-state index contributed by atoms with van der Waals surface area (Å²) in [6.07, 6.45) is 2.36. The molecule has 49 heavy (non-hydrogen) atoms. The quantitative estimate of drug-likeness (QED) is 0.181. The van der Waals surface area contributed by atoms with Gasteiger partial charge in [0.15, 0.2) is 0 Å². The van der Waals surface area contributed by atoms with Crippen LogP contribution in [0.2, 0.25) is 0 Å². The number of benzene rings is 4. The van der Waals surface area contributed by atoms with Crippen LogP contribution in [-0.4, -0.2) is 78.4 Å². The molecule has 9 heteroatoms. The van der Waals surface area contributed by atoms with Gasteiger partial charge in [0.1, 0.15) is 5.75 Å². The fourth-order valence-corrected chi connectivity index (χ4v) is 6.35. The number of amides is 3. The first-order chi connectivity index (χ1) is 23.7. The van der Waals surface area contributed by atoms with Crippen molar-refractivity contribution in [3.05, 3.63) is 102 Å². The second kappa shape index (κ2) is 17.3. The summed E-state index contributed by atoms with van der Waals surface area (Å²) in [5.41, 5.74) is 2.70. The molecule has 1 aliphatic heterocycles. The molecule has 0 saturated heterocycles. The summed E-state index contributed by atoms with van der Waals surface area (Å²) in [6.45, 7) is 8.23. The number of anilines is 2. The molecule has 4 atom stereocenters. The van der Waals surface area contributed by atoms with Crippen LogP contribution in [0.25, 0.3) is 10.8 Å². The third-order valence-corrected chi connectivity index (χ3v) is 9.13. The number of rotatable bonds is 8. The molecule has 4 aromatic carbocycles. The van der Waals surface area contributed by atoms with E-state index in [1.165, 1.54) is 5.56 Å². The molecule has 0 aromatic heterocycles. The minimum absolute atomic E-state index is 0.0322. The highest BCUT2D eigenvalue weighted by molar-refractivity contribution is 6.07. The van der Waals surface area contributed by atoms with Gasteiger partial charge in [0.05, 0.1) is 36.1 Å². The molecule has 9 nitrogen and oxygen atoms in total. The average Bonchev–Trinajstić information content (AvgIpc) is 3.10. The van der Waals surface area contributed by atoms with Gasteiger partial charge in [-0.15, -0.1) is 0 Å². The molecule has 0 unspecified atom stereocenters. The topological polar surface area (TPSA) is 103 Å². The van der Waals surface area contributed by atoms with Gasteiger partial charge in [-0.25, -0.2) is 4.79 Å². The molecule has 0 bridgehead atoms. The molecule has 4 aromatic rings. The van der Waals surface area contributed by atoms with Crippen molar-refractivity contribution in [3.8, 4) is 5.75 Å². The standard InChI is InChI=1S/C40H50N4O5/c1-28-24-44(29(2)27-45)39(46)35-23-33(41-40(47)42-36-19-12-17-32-16-8-9-18-34(32)36)20-21-37(35)49-30(3)13-10-11-22-48-38(28)26-43(4)25-31-14-6-5-7-15-31/h5-9,12,14-21,23,28-30,38,45H,10-11,13,22,24-27H2,1-4H3,(H2,41,42,47)/t28-,29-,30+,38+/m1/s1. The number of carbonyl (C=O) groups excluding carboxylic acids is 2. The van der Waals surface area contributed by atoms with Gasteiger partial charge in [-0.1, -0.05) is 73.7 Å². The summed E-state index contributed by atoms with van der Waals surface area (Å²) in [4.78, 5) is 31.6. The Hall–Kier alpha value is -4.44. The fourth-order valence-electron chi connectivity index (χ4n) is 6.35. The summed E-state index contributed by atoms with van der Waals surface area (Å²) in [5, 5.41) is 18.1. The zero-order chi connectivity index (χ0) is 34.8. The van der Waals surface area contributed by atoms with E-state index in [-0.39, 0.29) is 30.6 Å². The molecule has 0 radical (unpaired) electrons. The fraction of sp³-hybridized carbons (Fsp3) is 0.400. The molecule has 3 N–H and O–H groups in total. The molecule has 0 spiro atoms. The van der Waals surface area contributed by atoms with Crippen LogP contribution < -0.4 is 15.4 Å². The van der Waals surface area contributed by atoms with Gasteiger partial charge >= 0.3 is 6.03 Å². The first-order valence-electron chi connectivity index (χ1n) is 17.3. The van der Waals surface area contributed by atoms with E-state index in [9.17, 15) is 14.7 Å². The van der Waals surface area contributed by atoms with Gasteiger partial charge < -0.3 is 30.1 Å². The maximum Gasteiger partial charge on any atom is 0.323 e. The van der Waals surface area contributed by atoms with Crippen LogP contribution in [0.3, 0.4) is 0 Å². The summed E-state index contributed by atoms with van der Waals surface area (Å²) >= 11 is 0. The number of aliphatic hydroxyl groups excluding tert-OH is 1. The molecule has 1 aliphatic rings. The van der Waals surface area contributed by atoms with Gasteiger partial charge in [-0.05, 0) is 75.4 Å². The van der Waals surface area contributed by atoms with Crippen molar-refractivity contribution in [2.24, 2.45) is 5.92 Å². The smallest absolute Gasteiger partial charge is 0.323 e. The normalized spacial score (nSPS) is 19.8. The summed E-state index contributed by atoms with van der Waals surface area (Å²) in [7, 11) is 2.09. The first-order valence-corrected chi connectivity index (χ1v) is 17.3. The predicted octanol–water partition coefficient (Wildman–Crippen LogP) is 7.41. The Balaban J connectivity index is 1.39. The highest BCUT2D eigenvalue weighted by Crippen LogP contribution is 2.29. The number of nitrogens with one attached hydrogen (secondary N) is 2. The van der Waals surface area contributed by atoms with E-state index in [0.717, 1.165) is 36.6 Å². The van der Waals surface area contributed by atoms with Crippen LogP contribution in [0, 0.1) is 5.92 Å². The van der Waals surface area contributed by atoms with Crippen LogP contribution in [0.5, 0.6) is 5.75 Å². The lowest BCUT2D eigenvalue weighted by Crippen LogP contribution is -2.47. The highest BCUT2D eigenvalue weighted by atomic mass is 16.5. The predicted molar refractivity (Wildman–Crippen MR) is 196 cm³/mol. The first kappa shape index (κ1) is 35.9. The van der Waals surface area contributed by atoms with Crippen molar-refractivity contribution in [1.82, 2.24) is 9.80 Å². The van der Waals surface area contributed by atoms with Crippen LogP contribution in [0.4, 0.5) is 16.2 Å². The number of ether oxygens (including phenoxy) is 2. The lowest BCUT2D eigenvalue weighted by Gasteiger charge is -2.36. The van der Waals surface area contributed by atoms with E-state index >= 15 is 0 Å². The molecule has 5 rings (SSSR count). The number of fused-ring (bicyclic) bond motifs is 2. The number of aliphatic hydroxyl groups is 1. The summed E-state index contributed by atoms with van der Waals surface area (Å²) in [6, 6.07) is 28.2. The Bertz CT molecular complexity index is 1680. The third kappa shape index (κ3) is 9.81. The Labute approximate surface area is 290 Å². The zero-order valence-electron chi connectivity index (χ0n) is 29.1. The second-order valence-corrected chi connectivity index (χ2v) is 13.3. The SMILES string of the molecule is C[C@@H]1CN([C@H](C)CO)C(=O)c2cc(NC(=O)Nc3cccc4ccccc34)ccc2O[C@@H](C)CCCCO[C@H]1CN(C)Cc1ccccc1. The van der Waals surface area contributed by atoms with Gasteiger partial charge in [-0.2, -0.15) is 0 Å². The Kier molecular flexibility index (Phi) is 12.6. The third-order valence-electron chi connectivity index (χ3n) is 9.13.